The van der Waals surface area contributed by atoms with Gasteiger partial charge in [-0.3, -0.25) is 9.69 Å². The zero-order chi connectivity index (χ0) is 14.2. The number of rotatable bonds is 7. The van der Waals surface area contributed by atoms with Gasteiger partial charge in [0, 0.05) is 33.4 Å². The Morgan fingerprint density at radius 1 is 1.45 bits per heavy atom. The minimum Gasteiger partial charge on any atom is -0.385 e. The smallest absolute Gasteiger partial charge is 0.234 e. The molecular weight excluding hydrogens is 258 g/mol. The molecule has 0 atom stereocenters. The SMILES string of the molecule is COCCCNC(=O)CN1CCC(n2cncn2)CC1. The Hall–Kier alpha value is -1.47. The largest absolute Gasteiger partial charge is 0.385 e. The van der Waals surface area contributed by atoms with Crippen molar-refractivity contribution in [1.29, 1.82) is 0 Å². The molecule has 7 nitrogen and oxygen atoms in total. The molecular formula is C13H23N5O2. The molecule has 0 aliphatic carbocycles. The van der Waals surface area contributed by atoms with Crippen molar-refractivity contribution in [3.63, 3.8) is 0 Å². The maximum absolute atomic E-state index is 11.8. The molecule has 0 spiro atoms. The van der Waals surface area contributed by atoms with Gasteiger partial charge in [-0.1, -0.05) is 0 Å². The van der Waals surface area contributed by atoms with E-state index < -0.39 is 0 Å². The van der Waals surface area contributed by atoms with E-state index in [2.05, 4.69) is 20.3 Å². The molecule has 20 heavy (non-hydrogen) atoms. The van der Waals surface area contributed by atoms with Crippen LogP contribution >= 0.6 is 0 Å². The summed E-state index contributed by atoms with van der Waals surface area (Å²) < 4.78 is 6.86. The molecule has 112 valence electrons. The number of aromatic nitrogens is 3. The van der Waals surface area contributed by atoms with Gasteiger partial charge in [0.25, 0.3) is 0 Å². The van der Waals surface area contributed by atoms with Crippen LogP contribution in [0, 0.1) is 0 Å². The molecule has 1 amide bonds. The fraction of sp³-hybridized carbons (Fsp3) is 0.769. The number of ether oxygens (including phenoxy) is 1. The Bertz CT molecular complexity index is 387. The molecule has 0 radical (unpaired) electrons. The number of carbonyl (C=O) groups is 1. The molecule has 1 aliphatic rings. The van der Waals surface area contributed by atoms with Crippen molar-refractivity contribution in [2.45, 2.75) is 25.3 Å². The summed E-state index contributed by atoms with van der Waals surface area (Å²) in [5.74, 6) is 0.0975. The van der Waals surface area contributed by atoms with Crippen LogP contribution in [0.25, 0.3) is 0 Å². The van der Waals surface area contributed by atoms with E-state index in [0.717, 1.165) is 32.4 Å². The topological polar surface area (TPSA) is 72.3 Å². The Morgan fingerprint density at radius 3 is 2.90 bits per heavy atom. The van der Waals surface area contributed by atoms with Gasteiger partial charge in [0.05, 0.1) is 12.6 Å². The second kappa shape index (κ2) is 7.96. The van der Waals surface area contributed by atoms with Gasteiger partial charge in [0.2, 0.25) is 5.91 Å². The molecule has 7 heteroatoms. The molecule has 0 bridgehead atoms. The van der Waals surface area contributed by atoms with Crippen LogP contribution in [-0.4, -0.2) is 65.5 Å². The van der Waals surface area contributed by atoms with Crippen LogP contribution in [0.1, 0.15) is 25.3 Å². The van der Waals surface area contributed by atoms with Crippen LogP contribution in [0.3, 0.4) is 0 Å². The normalized spacial score (nSPS) is 17.2. The summed E-state index contributed by atoms with van der Waals surface area (Å²) in [5.41, 5.74) is 0. The van der Waals surface area contributed by atoms with E-state index in [0.29, 0.717) is 25.7 Å². The summed E-state index contributed by atoms with van der Waals surface area (Å²) in [5, 5.41) is 7.10. The molecule has 0 saturated carbocycles. The molecule has 1 saturated heterocycles. The van der Waals surface area contributed by atoms with Gasteiger partial charge < -0.3 is 10.1 Å². The van der Waals surface area contributed by atoms with Crippen molar-refractivity contribution in [3.8, 4) is 0 Å². The highest BCUT2D eigenvalue weighted by Gasteiger charge is 2.22. The summed E-state index contributed by atoms with van der Waals surface area (Å²) in [6, 6.07) is 0.415. The summed E-state index contributed by atoms with van der Waals surface area (Å²) in [4.78, 5) is 17.9. The van der Waals surface area contributed by atoms with Gasteiger partial charge in [-0.05, 0) is 19.3 Å². The highest BCUT2D eigenvalue weighted by Crippen LogP contribution is 2.20. The maximum Gasteiger partial charge on any atom is 0.234 e. The Balaban J connectivity index is 1.63. The molecule has 1 aliphatic heterocycles. The third-order valence-corrected chi connectivity index (χ3v) is 3.58. The summed E-state index contributed by atoms with van der Waals surface area (Å²) >= 11 is 0. The predicted octanol–water partition coefficient (Wildman–Crippen LogP) is 0.0677. The maximum atomic E-state index is 11.8. The van der Waals surface area contributed by atoms with Crippen molar-refractivity contribution >= 4 is 5.91 Å². The van der Waals surface area contributed by atoms with Crippen LogP contribution in [0.2, 0.25) is 0 Å². The highest BCUT2D eigenvalue weighted by molar-refractivity contribution is 5.77. The van der Waals surface area contributed by atoms with Gasteiger partial charge in [0.15, 0.2) is 0 Å². The average Bonchev–Trinajstić information content (AvgIpc) is 2.99. The minimum absolute atomic E-state index is 0.0975. The molecule has 1 aromatic rings. The van der Waals surface area contributed by atoms with E-state index in [1.165, 1.54) is 0 Å². The first-order valence-corrected chi connectivity index (χ1v) is 7.11. The first kappa shape index (κ1) is 14.9. The van der Waals surface area contributed by atoms with Crippen molar-refractivity contribution in [2.24, 2.45) is 0 Å². The number of methoxy groups -OCH3 is 1. The van der Waals surface area contributed by atoms with Gasteiger partial charge in [-0.2, -0.15) is 5.10 Å². The van der Waals surface area contributed by atoms with E-state index in [1.54, 1.807) is 19.8 Å². The lowest BCUT2D eigenvalue weighted by atomic mass is 10.1. The Morgan fingerprint density at radius 2 is 2.25 bits per heavy atom. The fourth-order valence-electron chi connectivity index (χ4n) is 2.45. The lowest BCUT2D eigenvalue weighted by molar-refractivity contribution is -0.122. The van der Waals surface area contributed by atoms with Gasteiger partial charge in [0.1, 0.15) is 12.7 Å². The third-order valence-electron chi connectivity index (χ3n) is 3.58. The monoisotopic (exact) mass is 281 g/mol. The van der Waals surface area contributed by atoms with E-state index in [9.17, 15) is 4.79 Å². The number of hydrogen-bond donors (Lipinski definition) is 1. The van der Waals surface area contributed by atoms with Crippen molar-refractivity contribution in [3.05, 3.63) is 12.7 Å². The quantitative estimate of drug-likeness (QED) is 0.716. The lowest BCUT2D eigenvalue weighted by Gasteiger charge is -2.31. The second-order valence-electron chi connectivity index (χ2n) is 5.08. The van der Waals surface area contributed by atoms with Crippen LogP contribution in [0.4, 0.5) is 0 Å². The number of piperidine rings is 1. The van der Waals surface area contributed by atoms with Gasteiger partial charge in [-0.15, -0.1) is 0 Å². The first-order valence-electron chi connectivity index (χ1n) is 7.11. The van der Waals surface area contributed by atoms with Crippen molar-refractivity contribution in [1.82, 2.24) is 25.0 Å². The number of hydrogen-bond acceptors (Lipinski definition) is 5. The molecule has 1 fully saturated rings. The van der Waals surface area contributed by atoms with E-state index in [-0.39, 0.29) is 5.91 Å². The summed E-state index contributed by atoms with van der Waals surface area (Å²) in [7, 11) is 1.67. The number of amides is 1. The predicted molar refractivity (Wildman–Crippen MR) is 74.2 cm³/mol. The third kappa shape index (κ3) is 4.57. The molecule has 2 heterocycles. The Kier molecular flexibility index (Phi) is 5.94. The number of nitrogens with one attached hydrogen (secondary N) is 1. The van der Waals surface area contributed by atoms with Gasteiger partial charge in [-0.25, -0.2) is 9.67 Å². The molecule has 1 N–H and O–H groups in total. The lowest BCUT2D eigenvalue weighted by Crippen LogP contribution is -2.42. The van der Waals surface area contributed by atoms with E-state index >= 15 is 0 Å². The van der Waals surface area contributed by atoms with Crippen LogP contribution in [-0.2, 0) is 9.53 Å². The fourth-order valence-corrected chi connectivity index (χ4v) is 2.45. The summed E-state index contributed by atoms with van der Waals surface area (Å²) in [6.45, 7) is 3.70. The van der Waals surface area contributed by atoms with Gasteiger partial charge >= 0.3 is 0 Å². The molecule has 0 aromatic carbocycles. The summed E-state index contributed by atoms with van der Waals surface area (Å²) in [6.07, 6.45) is 6.22. The number of nitrogens with zero attached hydrogens (tertiary/aromatic N) is 4. The van der Waals surface area contributed by atoms with Crippen LogP contribution in [0.5, 0.6) is 0 Å². The second-order valence-corrected chi connectivity index (χ2v) is 5.08. The Labute approximate surface area is 119 Å². The van der Waals surface area contributed by atoms with E-state index in [1.807, 2.05) is 4.68 Å². The van der Waals surface area contributed by atoms with Crippen molar-refractivity contribution in [2.75, 3.05) is 39.9 Å². The van der Waals surface area contributed by atoms with Crippen LogP contribution < -0.4 is 5.32 Å². The van der Waals surface area contributed by atoms with Crippen molar-refractivity contribution < 1.29 is 9.53 Å². The first-order chi connectivity index (χ1) is 9.79. The highest BCUT2D eigenvalue weighted by atomic mass is 16.5. The standard InChI is InChI=1S/C13H23N5O2/c1-20-8-2-5-15-13(19)9-17-6-3-12(4-7-17)18-11-14-10-16-18/h10-12H,2-9H2,1H3,(H,15,19). The number of carbonyl (C=O) groups excluding carboxylic acids is 1. The van der Waals surface area contributed by atoms with Crippen LogP contribution in [0.15, 0.2) is 12.7 Å². The minimum atomic E-state index is 0.0975. The van der Waals surface area contributed by atoms with E-state index in [4.69, 9.17) is 4.74 Å². The zero-order valence-electron chi connectivity index (χ0n) is 12.0. The number of likely N-dealkylation sites (tertiary alicyclic amines) is 1. The molecule has 1 aromatic heterocycles. The molecule has 2 rings (SSSR count). The molecule has 0 unspecified atom stereocenters. The average molecular weight is 281 g/mol. The zero-order valence-corrected chi connectivity index (χ0v) is 12.0.